The molecule has 0 saturated heterocycles. The van der Waals surface area contributed by atoms with Gasteiger partial charge in [-0.05, 0) is 49.9 Å². The monoisotopic (exact) mass is 263 g/mol. The molecule has 1 atom stereocenters. The number of methoxy groups -OCH3 is 1. The second-order valence-corrected chi connectivity index (χ2v) is 4.84. The molecule has 0 spiro atoms. The molecule has 0 heterocycles. The van der Waals surface area contributed by atoms with Gasteiger partial charge in [-0.1, -0.05) is 0 Å². The van der Waals surface area contributed by atoms with Crippen LogP contribution in [0.1, 0.15) is 30.1 Å². The number of carbonyl (C=O) groups is 1. The molecule has 1 aliphatic carbocycles. The van der Waals surface area contributed by atoms with Crippen LogP contribution in [-0.2, 0) is 9.47 Å². The summed E-state index contributed by atoms with van der Waals surface area (Å²) in [6.45, 7) is 2.92. The Kier molecular flexibility index (Phi) is 4.80. The van der Waals surface area contributed by atoms with Gasteiger partial charge in [-0.15, -0.1) is 0 Å². The van der Waals surface area contributed by atoms with E-state index in [4.69, 9.17) is 9.47 Å². The van der Waals surface area contributed by atoms with Gasteiger partial charge in [-0.2, -0.15) is 0 Å². The first-order valence-corrected chi connectivity index (χ1v) is 6.77. The van der Waals surface area contributed by atoms with E-state index in [0.29, 0.717) is 30.7 Å². The number of hydrogen-bond donors (Lipinski definition) is 1. The van der Waals surface area contributed by atoms with Crippen LogP contribution in [0.3, 0.4) is 0 Å². The fourth-order valence-electron chi connectivity index (χ4n) is 2.10. The minimum Gasteiger partial charge on any atom is -0.462 e. The van der Waals surface area contributed by atoms with Gasteiger partial charge in [0.05, 0.1) is 24.8 Å². The molecule has 1 fully saturated rings. The van der Waals surface area contributed by atoms with E-state index in [9.17, 15) is 4.79 Å². The summed E-state index contributed by atoms with van der Waals surface area (Å²) in [6.07, 6.45) is 2.53. The number of carbonyl (C=O) groups excluding carboxylic acids is 1. The molecule has 0 amide bonds. The number of ether oxygens (including phenoxy) is 2. The molecule has 1 unspecified atom stereocenters. The van der Waals surface area contributed by atoms with Crippen molar-refractivity contribution in [3.63, 3.8) is 0 Å². The third kappa shape index (κ3) is 3.96. The lowest BCUT2D eigenvalue weighted by Crippen LogP contribution is -2.27. The first-order valence-electron chi connectivity index (χ1n) is 6.77. The van der Waals surface area contributed by atoms with Crippen LogP contribution < -0.4 is 5.32 Å². The van der Waals surface area contributed by atoms with Crippen LogP contribution in [0.15, 0.2) is 24.3 Å². The van der Waals surface area contributed by atoms with Gasteiger partial charge < -0.3 is 14.8 Å². The molecule has 1 saturated carbocycles. The minimum atomic E-state index is -0.273. The predicted octanol–water partition coefficient (Wildman–Crippen LogP) is 2.70. The van der Waals surface area contributed by atoms with Crippen molar-refractivity contribution in [2.24, 2.45) is 5.92 Å². The van der Waals surface area contributed by atoms with E-state index in [1.165, 1.54) is 12.8 Å². The van der Waals surface area contributed by atoms with Crippen LogP contribution in [0, 0.1) is 5.92 Å². The number of hydrogen-bond acceptors (Lipinski definition) is 4. The maximum Gasteiger partial charge on any atom is 0.338 e. The van der Waals surface area contributed by atoms with Gasteiger partial charge in [0.25, 0.3) is 0 Å². The predicted molar refractivity (Wildman–Crippen MR) is 74.4 cm³/mol. The summed E-state index contributed by atoms with van der Waals surface area (Å²) in [5, 5.41) is 3.46. The van der Waals surface area contributed by atoms with Crippen molar-refractivity contribution in [1.82, 2.24) is 0 Å². The summed E-state index contributed by atoms with van der Waals surface area (Å²) >= 11 is 0. The Bertz CT molecular complexity index is 412. The standard InChI is InChI=1S/C15H21NO3/c1-3-19-15(17)12-6-8-13(9-7-12)16-14(10-18-2)11-4-5-11/h6-9,11,14,16H,3-5,10H2,1-2H3. The van der Waals surface area contributed by atoms with Crippen LogP contribution in [0.4, 0.5) is 5.69 Å². The second kappa shape index (κ2) is 6.57. The van der Waals surface area contributed by atoms with Crippen molar-refractivity contribution in [1.29, 1.82) is 0 Å². The third-order valence-corrected chi connectivity index (χ3v) is 3.29. The van der Waals surface area contributed by atoms with Crippen molar-refractivity contribution < 1.29 is 14.3 Å². The highest BCUT2D eigenvalue weighted by Gasteiger charge is 2.31. The van der Waals surface area contributed by atoms with Gasteiger partial charge in [0.15, 0.2) is 0 Å². The zero-order valence-electron chi connectivity index (χ0n) is 11.5. The molecule has 19 heavy (non-hydrogen) atoms. The number of esters is 1. The van der Waals surface area contributed by atoms with Gasteiger partial charge in [0, 0.05) is 12.8 Å². The topological polar surface area (TPSA) is 47.6 Å². The van der Waals surface area contributed by atoms with Gasteiger partial charge in [-0.25, -0.2) is 4.79 Å². The van der Waals surface area contributed by atoms with Crippen LogP contribution in [0.2, 0.25) is 0 Å². The molecule has 0 bridgehead atoms. The molecular formula is C15H21NO3. The minimum absolute atomic E-state index is 0.273. The molecule has 1 aromatic rings. The van der Waals surface area contributed by atoms with Crippen molar-refractivity contribution in [3.8, 4) is 0 Å². The van der Waals surface area contributed by atoms with Gasteiger partial charge in [0.2, 0.25) is 0 Å². The summed E-state index contributed by atoms with van der Waals surface area (Å²) < 4.78 is 10.2. The highest BCUT2D eigenvalue weighted by atomic mass is 16.5. The molecule has 0 aliphatic heterocycles. The number of benzene rings is 1. The molecule has 4 heteroatoms. The Morgan fingerprint density at radius 2 is 2.05 bits per heavy atom. The molecule has 4 nitrogen and oxygen atoms in total. The van der Waals surface area contributed by atoms with Crippen LogP contribution in [-0.4, -0.2) is 32.3 Å². The zero-order valence-corrected chi connectivity index (χ0v) is 11.5. The van der Waals surface area contributed by atoms with E-state index < -0.39 is 0 Å². The fourth-order valence-corrected chi connectivity index (χ4v) is 2.10. The van der Waals surface area contributed by atoms with E-state index >= 15 is 0 Å². The van der Waals surface area contributed by atoms with Gasteiger partial charge in [-0.3, -0.25) is 0 Å². The molecule has 1 N–H and O–H groups in total. The SMILES string of the molecule is CCOC(=O)c1ccc(NC(COC)C2CC2)cc1. The van der Waals surface area contributed by atoms with Crippen molar-refractivity contribution in [2.75, 3.05) is 25.6 Å². The molecule has 0 radical (unpaired) electrons. The van der Waals surface area contributed by atoms with E-state index in [-0.39, 0.29) is 5.97 Å². The number of rotatable bonds is 7. The zero-order chi connectivity index (χ0) is 13.7. The summed E-state index contributed by atoms with van der Waals surface area (Å²) in [6, 6.07) is 7.77. The van der Waals surface area contributed by atoms with E-state index in [2.05, 4.69) is 5.32 Å². The fraction of sp³-hybridized carbons (Fsp3) is 0.533. The average molecular weight is 263 g/mol. The lowest BCUT2D eigenvalue weighted by Gasteiger charge is -2.18. The molecule has 2 rings (SSSR count). The van der Waals surface area contributed by atoms with Crippen molar-refractivity contribution in [3.05, 3.63) is 29.8 Å². The first kappa shape index (κ1) is 13.9. The maximum absolute atomic E-state index is 11.5. The normalized spacial score (nSPS) is 15.9. The Labute approximate surface area is 114 Å². The lowest BCUT2D eigenvalue weighted by atomic mass is 10.1. The molecule has 1 aliphatic rings. The van der Waals surface area contributed by atoms with Gasteiger partial charge >= 0.3 is 5.97 Å². The molecular weight excluding hydrogens is 242 g/mol. The van der Waals surface area contributed by atoms with Crippen LogP contribution in [0.25, 0.3) is 0 Å². The summed E-state index contributed by atoms with van der Waals surface area (Å²) in [4.78, 5) is 11.5. The summed E-state index contributed by atoms with van der Waals surface area (Å²) in [7, 11) is 1.72. The molecule has 0 aromatic heterocycles. The van der Waals surface area contributed by atoms with E-state index in [1.807, 2.05) is 12.1 Å². The van der Waals surface area contributed by atoms with Crippen molar-refractivity contribution in [2.45, 2.75) is 25.8 Å². The third-order valence-electron chi connectivity index (χ3n) is 3.29. The highest BCUT2D eigenvalue weighted by molar-refractivity contribution is 5.89. The summed E-state index contributed by atoms with van der Waals surface area (Å²) in [5.74, 6) is 0.439. The molecule has 1 aromatic carbocycles. The van der Waals surface area contributed by atoms with E-state index in [1.54, 1.807) is 26.2 Å². The number of nitrogens with one attached hydrogen (secondary N) is 1. The Morgan fingerprint density at radius 3 is 2.58 bits per heavy atom. The second-order valence-electron chi connectivity index (χ2n) is 4.84. The Morgan fingerprint density at radius 1 is 1.37 bits per heavy atom. The van der Waals surface area contributed by atoms with E-state index in [0.717, 1.165) is 5.69 Å². The lowest BCUT2D eigenvalue weighted by molar-refractivity contribution is 0.0526. The largest absolute Gasteiger partial charge is 0.462 e. The Balaban J connectivity index is 1.95. The quantitative estimate of drug-likeness (QED) is 0.768. The maximum atomic E-state index is 11.5. The van der Waals surface area contributed by atoms with Crippen molar-refractivity contribution >= 4 is 11.7 Å². The van der Waals surface area contributed by atoms with Crippen LogP contribution >= 0.6 is 0 Å². The highest BCUT2D eigenvalue weighted by Crippen LogP contribution is 2.34. The first-order chi connectivity index (χ1) is 9.24. The van der Waals surface area contributed by atoms with Gasteiger partial charge in [0.1, 0.15) is 0 Å². The Hall–Kier alpha value is -1.55. The average Bonchev–Trinajstić information content (AvgIpc) is 3.24. The molecule has 104 valence electrons. The summed E-state index contributed by atoms with van der Waals surface area (Å²) in [5.41, 5.74) is 1.60. The smallest absolute Gasteiger partial charge is 0.338 e. The number of anilines is 1. The van der Waals surface area contributed by atoms with Crippen LogP contribution in [0.5, 0.6) is 0 Å².